The number of likely N-dealkylation sites (tertiary alicyclic amines) is 1. The van der Waals surface area contributed by atoms with Gasteiger partial charge in [-0.3, -0.25) is 14.6 Å². The second-order valence-corrected chi connectivity index (χ2v) is 11.0. The third kappa shape index (κ3) is 9.75. The Bertz CT molecular complexity index is 1350. The third-order valence-electron chi connectivity index (χ3n) is 6.36. The number of hydrogen-bond acceptors (Lipinski definition) is 8. The monoisotopic (exact) mass is 665 g/mol. The molecule has 0 bridgehead atoms. The molecule has 3 aromatic rings. The Morgan fingerprint density at radius 3 is 2.71 bits per heavy atom. The lowest BCUT2D eigenvalue weighted by molar-refractivity contribution is -0.149. The lowest BCUT2D eigenvalue weighted by atomic mass is 10.1. The topological polar surface area (TPSA) is 138 Å². The van der Waals surface area contributed by atoms with Gasteiger partial charge in [-0.1, -0.05) is 36.7 Å². The fraction of sp³-hybridized carbons (Fsp3) is 0.393. The minimum absolute atomic E-state index is 0.0927. The summed E-state index contributed by atoms with van der Waals surface area (Å²) in [6.07, 6.45) is 6.49. The van der Waals surface area contributed by atoms with Crippen LogP contribution in [0.1, 0.15) is 37.3 Å². The van der Waals surface area contributed by atoms with Gasteiger partial charge >= 0.3 is 5.97 Å². The highest BCUT2D eigenvalue weighted by Crippen LogP contribution is 2.28. The van der Waals surface area contributed by atoms with Gasteiger partial charge in [0.1, 0.15) is 16.2 Å². The molecule has 1 amide bonds. The van der Waals surface area contributed by atoms with Gasteiger partial charge in [-0.05, 0) is 70.9 Å². The number of anilines is 1. The number of carbonyl (C=O) groups excluding carboxylic acids is 1. The lowest BCUT2D eigenvalue weighted by Gasteiger charge is -2.24. The van der Waals surface area contributed by atoms with Crippen molar-refractivity contribution in [2.45, 2.75) is 45.2 Å². The second-order valence-electron chi connectivity index (χ2n) is 9.45. The maximum atomic E-state index is 11.9. The number of H-pyrrole nitrogens is 1. The van der Waals surface area contributed by atoms with Crippen molar-refractivity contribution in [3.8, 4) is 5.88 Å². The van der Waals surface area contributed by atoms with E-state index in [1.165, 1.54) is 10.5 Å². The number of ether oxygens (including phenoxy) is 1. The molecule has 10 nitrogen and oxygen atoms in total. The molecular weight excluding hydrogens is 634 g/mol. The van der Waals surface area contributed by atoms with Crippen molar-refractivity contribution in [1.82, 2.24) is 20.1 Å². The Morgan fingerprint density at radius 2 is 2.05 bits per heavy atom. The summed E-state index contributed by atoms with van der Waals surface area (Å²) in [5.41, 5.74) is 2.37. The molecule has 0 aliphatic carbocycles. The standard InChI is InChI=1S/C19H18BrClN4O2.C9H15NO3S/c20-16-17(23-12-14-3-1-9-22-11-14)19(25-24-18(16)26)27-10-2-4-13-5-7-15(21)8-6-13;1-6(5-14)8(11)10-4-2-3-7(10)9(12)13/h1,3,5-9,11H,2,4,10,12H2,(H2,23,24,26);6-7,14H,2-5H2,1H3,(H,12,13)/t;6-,7+/m.1/s1. The molecule has 1 aliphatic rings. The maximum Gasteiger partial charge on any atom is 0.326 e. The van der Waals surface area contributed by atoms with Crippen LogP contribution < -0.4 is 15.6 Å². The highest BCUT2D eigenvalue weighted by atomic mass is 79.9. The molecule has 0 saturated carbocycles. The summed E-state index contributed by atoms with van der Waals surface area (Å²) < 4.78 is 6.15. The van der Waals surface area contributed by atoms with Gasteiger partial charge in [0.05, 0.1) is 6.61 Å². The summed E-state index contributed by atoms with van der Waals surface area (Å²) in [7, 11) is 0. The van der Waals surface area contributed by atoms with Crippen LogP contribution in [0.2, 0.25) is 5.02 Å². The van der Waals surface area contributed by atoms with Gasteiger partial charge < -0.3 is 20.1 Å². The Kier molecular flexibility index (Phi) is 13.0. The number of nitrogens with zero attached hydrogens (tertiary/aromatic N) is 3. The number of nitrogens with one attached hydrogen (secondary N) is 2. The minimum atomic E-state index is -0.901. The highest BCUT2D eigenvalue weighted by Gasteiger charge is 2.35. The van der Waals surface area contributed by atoms with E-state index in [9.17, 15) is 14.4 Å². The van der Waals surface area contributed by atoms with Crippen LogP contribution in [0.15, 0.2) is 58.1 Å². The molecule has 13 heteroatoms. The normalized spacial score (nSPS) is 15.0. The Morgan fingerprint density at radius 1 is 1.29 bits per heavy atom. The smallest absolute Gasteiger partial charge is 0.326 e. The maximum absolute atomic E-state index is 11.9. The number of thiol groups is 1. The first kappa shape index (κ1) is 32.4. The van der Waals surface area contributed by atoms with E-state index in [0.717, 1.165) is 29.8 Å². The van der Waals surface area contributed by atoms with E-state index in [2.05, 4.69) is 49.1 Å². The number of benzene rings is 1. The molecule has 41 heavy (non-hydrogen) atoms. The summed E-state index contributed by atoms with van der Waals surface area (Å²) >= 11 is 13.2. The van der Waals surface area contributed by atoms with Crippen molar-refractivity contribution in [3.05, 3.63) is 79.8 Å². The van der Waals surface area contributed by atoms with E-state index in [1.54, 1.807) is 19.3 Å². The van der Waals surface area contributed by atoms with E-state index < -0.39 is 12.0 Å². The van der Waals surface area contributed by atoms with Gasteiger partial charge in [-0.15, -0.1) is 5.10 Å². The van der Waals surface area contributed by atoms with Gasteiger partial charge in [0, 0.05) is 42.2 Å². The summed E-state index contributed by atoms with van der Waals surface area (Å²) in [6.45, 7) is 3.30. The number of aryl methyl sites for hydroxylation is 1. The number of pyridine rings is 1. The molecule has 3 N–H and O–H groups in total. The molecule has 1 saturated heterocycles. The Balaban J connectivity index is 0.000000278. The van der Waals surface area contributed by atoms with E-state index >= 15 is 0 Å². The number of hydrogen-bond donors (Lipinski definition) is 4. The van der Waals surface area contributed by atoms with Gasteiger partial charge in [0.2, 0.25) is 5.91 Å². The molecule has 2 atom stereocenters. The summed E-state index contributed by atoms with van der Waals surface area (Å²) in [4.78, 5) is 39.9. The first-order chi connectivity index (χ1) is 19.7. The molecule has 4 rings (SSSR count). The van der Waals surface area contributed by atoms with Crippen LogP contribution in [-0.4, -0.2) is 62.0 Å². The molecule has 1 fully saturated rings. The highest BCUT2D eigenvalue weighted by molar-refractivity contribution is 9.10. The number of aromatic nitrogens is 3. The first-order valence-electron chi connectivity index (χ1n) is 13.1. The Hall–Kier alpha value is -3.09. The van der Waals surface area contributed by atoms with Gasteiger partial charge in [-0.2, -0.15) is 12.6 Å². The SMILES string of the molecule is C[C@H](CS)C(=O)N1CCC[C@H]1C(=O)O.O=c1[nH]nc(OCCCc2ccc(Cl)cc2)c(NCc2cccnc2)c1Br. The fourth-order valence-electron chi connectivity index (χ4n) is 4.11. The van der Waals surface area contributed by atoms with Crippen LogP contribution in [0.25, 0.3) is 0 Å². The predicted molar refractivity (Wildman–Crippen MR) is 165 cm³/mol. The zero-order chi connectivity index (χ0) is 29.8. The number of carboxylic acid groups (broad SMARTS) is 1. The van der Waals surface area contributed by atoms with E-state index in [-0.39, 0.29) is 17.4 Å². The van der Waals surface area contributed by atoms with Crippen molar-refractivity contribution >= 4 is 57.7 Å². The number of carboxylic acids is 1. The number of amides is 1. The van der Waals surface area contributed by atoms with Gasteiger partial charge in [0.25, 0.3) is 11.4 Å². The molecule has 0 spiro atoms. The van der Waals surface area contributed by atoms with E-state index in [1.807, 2.05) is 36.4 Å². The number of halogens is 2. The number of rotatable bonds is 11. The third-order valence-corrected chi connectivity index (χ3v) is 7.92. The average Bonchev–Trinajstić information content (AvgIpc) is 3.48. The molecule has 0 radical (unpaired) electrons. The average molecular weight is 667 g/mol. The molecule has 3 heterocycles. The second kappa shape index (κ2) is 16.4. The molecular formula is C28H33BrClN5O5S. The number of carbonyl (C=O) groups is 2. The predicted octanol–water partition coefficient (Wildman–Crippen LogP) is 4.83. The molecule has 2 aromatic heterocycles. The first-order valence-corrected chi connectivity index (χ1v) is 14.9. The minimum Gasteiger partial charge on any atom is -0.480 e. The molecule has 0 unspecified atom stereocenters. The zero-order valence-electron chi connectivity index (χ0n) is 22.6. The quantitative estimate of drug-likeness (QED) is 0.169. The molecule has 220 valence electrons. The number of aliphatic carboxylic acids is 1. The zero-order valence-corrected chi connectivity index (χ0v) is 25.8. The van der Waals surface area contributed by atoms with Crippen LogP contribution in [-0.2, 0) is 22.6 Å². The summed E-state index contributed by atoms with van der Waals surface area (Å²) in [6, 6.07) is 10.9. The number of aromatic amines is 1. The van der Waals surface area contributed by atoms with Crippen molar-refractivity contribution in [3.63, 3.8) is 0 Å². The van der Waals surface area contributed by atoms with Crippen LogP contribution in [0.3, 0.4) is 0 Å². The summed E-state index contributed by atoms with van der Waals surface area (Å²) in [5, 5.41) is 19.2. The van der Waals surface area contributed by atoms with Gasteiger partial charge in [-0.25, -0.2) is 9.89 Å². The lowest BCUT2D eigenvalue weighted by Crippen LogP contribution is -2.43. The Labute approximate surface area is 257 Å². The summed E-state index contributed by atoms with van der Waals surface area (Å²) in [5.74, 6) is -0.381. The van der Waals surface area contributed by atoms with E-state index in [4.69, 9.17) is 21.4 Å². The largest absolute Gasteiger partial charge is 0.480 e. The van der Waals surface area contributed by atoms with Crippen LogP contribution in [0.5, 0.6) is 5.88 Å². The van der Waals surface area contributed by atoms with Crippen LogP contribution >= 0.6 is 40.2 Å². The van der Waals surface area contributed by atoms with Crippen molar-refractivity contribution in [1.29, 1.82) is 0 Å². The van der Waals surface area contributed by atoms with Crippen LogP contribution in [0, 0.1) is 5.92 Å². The molecule has 1 aliphatic heterocycles. The van der Waals surface area contributed by atoms with Crippen molar-refractivity contribution in [2.24, 2.45) is 5.92 Å². The van der Waals surface area contributed by atoms with E-state index in [0.29, 0.717) is 47.9 Å². The van der Waals surface area contributed by atoms with Crippen molar-refractivity contribution in [2.75, 3.05) is 24.2 Å². The fourth-order valence-corrected chi connectivity index (χ4v) is 4.79. The molecule has 1 aromatic carbocycles. The van der Waals surface area contributed by atoms with Gasteiger partial charge in [0.15, 0.2) is 0 Å². The van der Waals surface area contributed by atoms with Crippen molar-refractivity contribution < 1.29 is 19.4 Å². The van der Waals surface area contributed by atoms with Crippen LogP contribution in [0.4, 0.5) is 5.69 Å².